The molecular weight excluding hydrogens is 544 g/mol. The van der Waals surface area contributed by atoms with Crippen molar-refractivity contribution in [2.24, 2.45) is 5.92 Å². The molecule has 3 atom stereocenters. The number of nitrogens with zero attached hydrogens (tertiary/aromatic N) is 4. The number of carboxylic acid groups (broad SMARTS) is 1. The van der Waals surface area contributed by atoms with Crippen LogP contribution in [0.4, 0.5) is 11.4 Å². The van der Waals surface area contributed by atoms with Crippen LogP contribution in [-0.2, 0) is 27.2 Å². The minimum absolute atomic E-state index is 0.0196. The number of carboxylic acids is 1. The van der Waals surface area contributed by atoms with E-state index in [0.29, 0.717) is 39.1 Å². The summed E-state index contributed by atoms with van der Waals surface area (Å²) in [5.41, 5.74) is 4.66. The van der Waals surface area contributed by atoms with E-state index in [1.54, 1.807) is 22.2 Å². The number of aromatic nitrogens is 1. The largest absolute Gasteiger partial charge is 0.493 e. The van der Waals surface area contributed by atoms with E-state index in [1.807, 2.05) is 53.4 Å². The first-order valence-corrected chi connectivity index (χ1v) is 15.3. The Labute approximate surface area is 252 Å². The fourth-order valence-electron chi connectivity index (χ4n) is 6.94. The van der Waals surface area contributed by atoms with E-state index in [0.717, 1.165) is 53.1 Å². The standard InChI is InChI=1S/C34H38N4O5/c1-2-3-15-37(26-8-6-14-35-20-26)32(40)22-36-21-27(23-10-11-30-25(18-23)13-17-43-30)33(34(41)42)29(36)12-16-38-28-9-5-4-7-24(28)19-31(38)39/h4-11,14,18,20,27,29,33H,2-3,12-13,15-17,19,21-22H2,1H3,(H,41,42). The molecule has 224 valence electrons. The van der Waals surface area contributed by atoms with E-state index in [-0.39, 0.29) is 24.3 Å². The van der Waals surface area contributed by atoms with E-state index in [4.69, 9.17) is 4.74 Å². The summed E-state index contributed by atoms with van der Waals surface area (Å²) in [4.78, 5) is 49.7. The smallest absolute Gasteiger partial charge is 0.308 e. The van der Waals surface area contributed by atoms with Crippen LogP contribution < -0.4 is 14.5 Å². The zero-order valence-electron chi connectivity index (χ0n) is 24.5. The number of hydrogen-bond donors (Lipinski definition) is 1. The summed E-state index contributed by atoms with van der Waals surface area (Å²) in [6.45, 7) is 4.19. The van der Waals surface area contributed by atoms with Gasteiger partial charge in [-0.1, -0.05) is 43.7 Å². The molecule has 2 amide bonds. The number of amides is 2. The Morgan fingerprint density at radius 2 is 1.98 bits per heavy atom. The molecule has 0 bridgehead atoms. The van der Waals surface area contributed by atoms with Crippen molar-refractivity contribution in [2.75, 3.05) is 42.6 Å². The quantitative estimate of drug-likeness (QED) is 0.360. The van der Waals surface area contributed by atoms with Gasteiger partial charge in [0.25, 0.3) is 0 Å². The Kier molecular flexibility index (Phi) is 8.42. The van der Waals surface area contributed by atoms with Crippen molar-refractivity contribution < 1.29 is 24.2 Å². The van der Waals surface area contributed by atoms with Crippen molar-refractivity contribution in [3.8, 4) is 5.75 Å². The Morgan fingerprint density at radius 1 is 1.12 bits per heavy atom. The molecule has 1 saturated heterocycles. The average molecular weight is 583 g/mol. The van der Waals surface area contributed by atoms with Gasteiger partial charge in [-0.05, 0) is 53.8 Å². The van der Waals surface area contributed by atoms with Crippen LogP contribution in [-0.4, -0.2) is 71.6 Å². The molecule has 1 aromatic heterocycles. The zero-order chi connectivity index (χ0) is 29.9. The van der Waals surface area contributed by atoms with Crippen molar-refractivity contribution >= 4 is 29.2 Å². The highest BCUT2D eigenvalue weighted by atomic mass is 16.5. The Morgan fingerprint density at radius 3 is 2.77 bits per heavy atom. The molecule has 0 aliphatic carbocycles. The number of hydrogen-bond acceptors (Lipinski definition) is 6. The summed E-state index contributed by atoms with van der Waals surface area (Å²) in [5, 5.41) is 10.6. The molecule has 1 N–H and O–H groups in total. The minimum atomic E-state index is -0.884. The summed E-state index contributed by atoms with van der Waals surface area (Å²) in [5.74, 6) is -1.13. The molecule has 0 radical (unpaired) electrons. The predicted molar refractivity (Wildman–Crippen MR) is 163 cm³/mol. The number of pyridine rings is 1. The molecule has 3 aromatic rings. The van der Waals surface area contributed by atoms with Crippen molar-refractivity contribution in [3.63, 3.8) is 0 Å². The van der Waals surface area contributed by atoms with Gasteiger partial charge in [0.15, 0.2) is 0 Å². The molecule has 0 spiro atoms. The van der Waals surface area contributed by atoms with Crippen molar-refractivity contribution in [3.05, 3.63) is 83.7 Å². The van der Waals surface area contributed by atoms with Gasteiger partial charge in [-0.25, -0.2) is 0 Å². The third-order valence-corrected chi connectivity index (χ3v) is 9.08. The number of ether oxygens (including phenoxy) is 1. The normalized spacial score (nSPS) is 21.0. The van der Waals surface area contributed by atoms with E-state index in [2.05, 4.69) is 18.0 Å². The SMILES string of the molecule is CCCCN(C(=O)CN1CC(c2ccc3c(c2)CCO3)C(C(=O)O)C1CCN1C(=O)Cc2ccccc21)c1cccnc1. The van der Waals surface area contributed by atoms with Gasteiger partial charge in [0.2, 0.25) is 11.8 Å². The van der Waals surface area contributed by atoms with Crippen LogP contribution in [0.1, 0.15) is 48.8 Å². The van der Waals surface area contributed by atoms with Crippen LogP contribution in [0.25, 0.3) is 0 Å². The number of benzene rings is 2. The lowest BCUT2D eigenvalue weighted by molar-refractivity contribution is -0.143. The summed E-state index contributed by atoms with van der Waals surface area (Å²) >= 11 is 0. The van der Waals surface area contributed by atoms with E-state index >= 15 is 0 Å². The van der Waals surface area contributed by atoms with E-state index in [9.17, 15) is 19.5 Å². The zero-order valence-corrected chi connectivity index (χ0v) is 24.5. The Balaban J connectivity index is 1.30. The third-order valence-electron chi connectivity index (χ3n) is 9.08. The molecule has 9 heteroatoms. The first-order chi connectivity index (χ1) is 20.9. The van der Waals surface area contributed by atoms with Gasteiger partial charge < -0.3 is 19.6 Å². The Bertz CT molecular complexity index is 1500. The maximum absolute atomic E-state index is 13.9. The second-order valence-corrected chi connectivity index (χ2v) is 11.7. The van der Waals surface area contributed by atoms with Crippen LogP contribution in [0.3, 0.4) is 0 Å². The lowest BCUT2D eigenvalue weighted by Gasteiger charge is -2.31. The molecule has 0 saturated carbocycles. The summed E-state index contributed by atoms with van der Waals surface area (Å²) in [6, 6.07) is 17.0. The molecule has 3 aliphatic rings. The first-order valence-electron chi connectivity index (χ1n) is 15.3. The second-order valence-electron chi connectivity index (χ2n) is 11.7. The Hall–Kier alpha value is -4.24. The summed E-state index contributed by atoms with van der Waals surface area (Å²) in [7, 11) is 0. The van der Waals surface area contributed by atoms with Crippen molar-refractivity contribution in [2.45, 2.75) is 51.0 Å². The van der Waals surface area contributed by atoms with Crippen LogP contribution in [0.5, 0.6) is 5.75 Å². The maximum atomic E-state index is 13.9. The molecule has 2 aromatic carbocycles. The number of carbonyl (C=O) groups is 3. The number of para-hydroxylation sites is 1. The topological polar surface area (TPSA) is 103 Å². The van der Waals surface area contributed by atoms with Crippen molar-refractivity contribution in [1.82, 2.24) is 9.88 Å². The number of unbranched alkanes of at least 4 members (excludes halogenated alkanes) is 1. The van der Waals surface area contributed by atoms with Gasteiger partial charge in [-0.2, -0.15) is 0 Å². The number of carbonyl (C=O) groups excluding carboxylic acids is 2. The number of anilines is 2. The highest BCUT2D eigenvalue weighted by Crippen LogP contribution is 2.41. The second kappa shape index (κ2) is 12.6. The number of likely N-dealkylation sites (tertiary alicyclic amines) is 1. The van der Waals surface area contributed by atoms with Crippen LogP contribution in [0.15, 0.2) is 67.0 Å². The molecule has 43 heavy (non-hydrogen) atoms. The van der Waals surface area contributed by atoms with Crippen LogP contribution in [0, 0.1) is 5.92 Å². The number of rotatable bonds is 11. The summed E-state index contributed by atoms with van der Waals surface area (Å²) in [6.07, 6.45) is 6.75. The maximum Gasteiger partial charge on any atom is 0.308 e. The lowest BCUT2D eigenvalue weighted by atomic mass is 9.83. The van der Waals surface area contributed by atoms with E-state index in [1.165, 1.54) is 0 Å². The number of fused-ring (bicyclic) bond motifs is 2. The van der Waals surface area contributed by atoms with Gasteiger partial charge in [0, 0.05) is 49.9 Å². The lowest BCUT2D eigenvalue weighted by Crippen LogP contribution is -2.46. The van der Waals surface area contributed by atoms with Gasteiger partial charge in [-0.15, -0.1) is 0 Å². The van der Waals surface area contributed by atoms with E-state index < -0.39 is 17.9 Å². The fourth-order valence-corrected chi connectivity index (χ4v) is 6.94. The van der Waals surface area contributed by atoms with Crippen LogP contribution >= 0.6 is 0 Å². The molecule has 6 rings (SSSR count). The highest BCUT2D eigenvalue weighted by molar-refractivity contribution is 6.01. The van der Waals surface area contributed by atoms with Gasteiger partial charge in [0.05, 0.1) is 37.4 Å². The number of aliphatic carboxylic acids is 1. The molecule has 1 fully saturated rings. The summed E-state index contributed by atoms with van der Waals surface area (Å²) < 4.78 is 5.70. The van der Waals surface area contributed by atoms with Gasteiger partial charge >= 0.3 is 5.97 Å². The molecule has 9 nitrogen and oxygen atoms in total. The van der Waals surface area contributed by atoms with Gasteiger partial charge in [-0.3, -0.25) is 24.3 Å². The van der Waals surface area contributed by atoms with Crippen LogP contribution in [0.2, 0.25) is 0 Å². The molecule has 4 heterocycles. The molecule has 3 unspecified atom stereocenters. The predicted octanol–water partition coefficient (Wildman–Crippen LogP) is 4.30. The highest BCUT2D eigenvalue weighted by Gasteiger charge is 2.47. The third kappa shape index (κ3) is 5.86. The molecule has 3 aliphatic heterocycles. The monoisotopic (exact) mass is 582 g/mol. The first kappa shape index (κ1) is 28.9. The van der Waals surface area contributed by atoms with Gasteiger partial charge in [0.1, 0.15) is 5.75 Å². The average Bonchev–Trinajstić information content (AvgIpc) is 3.71. The van der Waals surface area contributed by atoms with Crippen molar-refractivity contribution in [1.29, 1.82) is 0 Å². The fraction of sp³-hybridized carbons (Fsp3) is 0.412. The molecular formula is C34H38N4O5. The minimum Gasteiger partial charge on any atom is -0.493 e.